The van der Waals surface area contributed by atoms with Gasteiger partial charge in [-0.25, -0.2) is 13.2 Å². The summed E-state index contributed by atoms with van der Waals surface area (Å²) in [4.78, 5) is 59.5. The first-order valence-corrected chi connectivity index (χ1v) is 23.1. The number of hydrogen-bond acceptors (Lipinski definition) is 11. The Morgan fingerprint density at radius 3 is 2.37 bits per heavy atom. The lowest BCUT2D eigenvalue weighted by Gasteiger charge is -2.44. The molecule has 3 aromatic carbocycles. The molecule has 4 aliphatic heterocycles. The number of benzene rings is 3. The number of carbonyl (C=O) groups excluding carboxylic acids is 4. The highest BCUT2D eigenvalue weighted by Gasteiger charge is 2.32. The van der Waals surface area contributed by atoms with Crippen molar-refractivity contribution in [3.8, 4) is 16.9 Å². The van der Waals surface area contributed by atoms with E-state index in [4.69, 9.17) is 4.74 Å². The van der Waals surface area contributed by atoms with E-state index in [1.54, 1.807) is 60.3 Å². The summed E-state index contributed by atoms with van der Waals surface area (Å²) in [7, 11) is 4.88. The van der Waals surface area contributed by atoms with Crippen molar-refractivity contribution in [2.45, 2.75) is 64.1 Å². The van der Waals surface area contributed by atoms with Gasteiger partial charge in [0.15, 0.2) is 5.82 Å². The Balaban J connectivity index is 0.00000119. The second-order valence-corrected chi connectivity index (χ2v) is 17.9. The van der Waals surface area contributed by atoms with Gasteiger partial charge in [-0.15, -0.1) is 5.10 Å². The van der Waals surface area contributed by atoms with Crippen molar-refractivity contribution in [1.29, 1.82) is 0 Å². The van der Waals surface area contributed by atoms with Crippen LogP contribution in [-0.4, -0.2) is 144 Å². The zero-order valence-electron chi connectivity index (χ0n) is 38.9. The smallest absolute Gasteiger partial charge is 0.249 e. The number of fused-ring (bicyclic) bond motifs is 1. The minimum atomic E-state index is -0.659. The van der Waals surface area contributed by atoms with Crippen LogP contribution in [0.25, 0.3) is 27.6 Å². The molecule has 3 fully saturated rings. The van der Waals surface area contributed by atoms with Gasteiger partial charge >= 0.3 is 0 Å². The average molecular weight is 938 g/mol. The van der Waals surface area contributed by atoms with Crippen LogP contribution in [0.3, 0.4) is 0 Å². The zero-order chi connectivity index (χ0) is 48.1. The van der Waals surface area contributed by atoms with Crippen LogP contribution in [0.1, 0.15) is 49.8 Å². The maximum absolute atomic E-state index is 16.4. The van der Waals surface area contributed by atoms with Gasteiger partial charge in [0.05, 0.1) is 36.7 Å². The molecule has 0 aliphatic carbocycles. The Hall–Kier alpha value is -6.89. The van der Waals surface area contributed by atoms with Crippen molar-refractivity contribution in [1.82, 2.24) is 40.0 Å². The molecule has 1 atom stereocenters. The van der Waals surface area contributed by atoms with E-state index < -0.39 is 29.4 Å². The third kappa shape index (κ3) is 10.6. The molecule has 5 aromatic rings. The number of nitrogens with one attached hydrogen (secondary N) is 3. The Morgan fingerprint density at radius 1 is 0.926 bits per heavy atom. The van der Waals surface area contributed by atoms with E-state index in [9.17, 15) is 19.2 Å². The molecule has 3 saturated heterocycles. The molecular weight excluding hydrogens is 880 g/mol. The van der Waals surface area contributed by atoms with Crippen LogP contribution in [0.2, 0.25) is 0 Å². The molecule has 1 unspecified atom stereocenters. The number of aromatic amines is 1. The molecule has 68 heavy (non-hydrogen) atoms. The van der Waals surface area contributed by atoms with Crippen molar-refractivity contribution in [3.05, 3.63) is 89.6 Å². The van der Waals surface area contributed by atoms with Crippen LogP contribution < -0.4 is 25.2 Å². The van der Waals surface area contributed by atoms with Gasteiger partial charge in [0, 0.05) is 132 Å². The second kappa shape index (κ2) is 21.0. The van der Waals surface area contributed by atoms with Crippen LogP contribution in [0.4, 0.5) is 30.2 Å². The standard InChI is InChI=1S/C46H51F3N10O4.C3H7NO/c1-28-22-35-34(24-33(44(49)45(35)51-28)29-4-3-13-58(27-29)43(61)11-16-59-17-12-50-54-59)32-6-5-31(23-36(32)47)56-20-18-55(19-21-56)30-9-14-57(15-10-30)40-26-41(63-2)39(25-37(40)48)52-38-7-8-42(60)53-46(38)62;1-4(2)3-5/h4-6,12,17,22-26,30,38,51-52H,3,7-11,13-16,18-21,27H2,1-2H3,(H,53,60,62);3H,1-2H3. The fourth-order valence-electron chi connectivity index (χ4n) is 9.55. The summed E-state index contributed by atoms with van der Waals surface area (Å²) < 4.78 is 55.4. The lowest BCUT2D eigenvalue weighted by molar-refractivity contribution is -0.134. The molecule has 3 N–H and O–H groups in total. The van der Waals surface area contributed by atoms with Gasteiger partial charge in [0.1, 0.15) is 23.4 Å². The molecule has 4 aliphatic rings. The summed E-state index contributed by atoms with van der Waals surface area (Å²) >= 11 is 0. The minimum Gasteiger partial charge on any atom is -0.495 e. The molecule has 360 valence electrons. The summed E-state index contributed by atoms with van der Waals surface area (Å²) in [5.41, 5.74) is 4.65. The SMILES string of the molecule is CN(C)C=O.COc1cc(N2CCC(N3CCN(c4ccc(-c5cc(C6=CCCN(C(=O)CCn7ccnn7)C6)c(F)c6[nH]c(C)cc56)c(F)c4)CC3)CC2)c(F)cc1NC1CCC(=O)NC1=O. The van der Waals surface area contributed by atoms with Crippen LogP contribution in [0.15, 0.2) is 60.9 Å². The normalized spacial score (nSPS) is 18.2. The van der Waals surface area contributed by atoms with Gasteiger partial charge in [0.2, 0.25) is 24.1 Å². The van der Waals surface area contributed by atoms with Crippen molar-refractivity contribution in [3.63, 3.8) is 0 Å². The maximum atomic E-state index is 16.4. The molecule has 9 rings (SSSR count). The summed E-state index contributed by atoms with van der Waals surface area (Å²) in [6.45, 7) is 7.40. The van der Waals surface area contributed by atoms with Crippen molar-refractivity contribution in [2.75, 3.05) is 88.7 Å². The number of anilines is 3. The van der Waals surface area contributed by atoms with Gasteiger partial charge in [-0.1, -0.05) is 11.3 Å². The fraction of sp³-hybridized carbons (Fsp3) is 0.429. The van der Waals surface area contributed by atoms with Crippen LogP contribution in [0.5, 0.6) is 5.75 Å². The number of imide groups is 1. The van der Waals surface area contributed by atoms with Gasteiger partial charge in [-0.3, -0.25) is 34.1 Å². The quantitative estimate of drug-likeness (QED) is 0.106. The summed E-state index contributed by atoms with van der Waals surface area (Å²) in [6, 6.07) is 11.5. The average Bonchev–Trinajstić information content (AvgIpc) is 4.02. The number of piperazine rings is 1. The number of aromatic nitrogens is 4. The molecule has 19 heteroatoms. The number of halogens is 3. The second-order valence-electron chi connectivity index (χ2n) is 17.9. The predicted octanol–water partition coefficient (Wildman–Crippen LogP) is 5.58. The number of amides is 4. The maximum Gasteiger partial charge on any atom is 0.249 e. The topological polar surface area (TPSA) is 164 Å². The molecular formula is C49H58F3N11O5. The molecule has 0 spiro atoms. The van der Waals surface area contributed by atoms with Gasteiger partial charge in [0.25, 0.3) is 0 Å². The van der Waals surface area contributed by atoms with Gasteiger partial charge in [-0.05, 0) is 74.1 Å². The molecule has 16 nitrogen and oxygen atoms in total. The van der Waals surface area contributed by atoms with E-state index in [0.717, 1.165) is 56.8 Å². The van der Waals surface area contributed by atoms with Crippen molar-refractivity contribution in [2.24, 2.45) is 0 Å². The highest BCUT2D eigenvalue weighted by molar-refractivity contribution is 6.02. The lowest BCUT2D eigenvalue weighted by atomic mass is 9.92. The first-order chi connectivity index (χ1) is 32.8. The molecule has 0 bridgehead atoms. The molecule has 6 heterocycles. The monoisotopic (exact) mass is 937 g/mol. The third-order valence-corrected chi connectivity index (χ3v) is 13.2. The number of piperidine rings is 2. The van der Waals surface area contributed by atoms with Crippen LogP contribution in [-0.2, 0) is 25.7 Å². The Labute approximate surface area is 393 Å². The summed E-state index contributed by atoms with van der Waals surface area (Å²) in [6.07, 6.45) is 9.04. The van der Waals surface area contributed by atoms with Gasteiger partial charge in [-0.2, -0.15) is 0 Å². The first kappa shape index (κ1) is 47.6. The van der Waals surface area contributed by atoms with Crippen molar-refractivity contribution >= 4 is 57.7 Å². The number of hydrogen-bond donors (Lipinski definition) is 3. The van der Waals surface area contributed by atoms with E-state index in [1.807, 2.05) is 30.0 Å². The van der Waals surface area contributed by atoms with E-state index >= 15 is 13.2 Å². The highest BCUT2D eigenvalue weighted by atomic mass is 19.1. The fourth-order valence-corrected chi connectivity index (χ4v) is 9.55. The van der Waals surface area contributed by atoms with E-state index in [-0.39, 0.29) is 31.2 Å². The lowest BCUT2D eigenvalue weighted by Crippen LogP contribution is -2.53. The molecule has 4 amide bonds. The van der Waals surface area contributed by atoms with Crippen molar-refractivity contribution < 1.29 is 37.1 Å². The van der Waals surface area contributed by atoms with Crippen LogP contribution >= 0.6 is 0 Å². The van der Waals surface area contributed by atoms with E-state index in [0.29, 0.717) is 95.4 Å². The Morgan fingerprint density at radius 2 is 1.69 bits per heavy atom. The number of rotatable bonds is 12. The van der Waals surface area contributed by atoms with E-state index in [1.165, 1.54) is 18.1 Å². The first-order valence-electron chi connectivity index (χ1n) is 23.1. The largest absolute Gasteiger partial charge is 0.495 e. The number of ether oxygens (including phenoxy) is 1. The zero-order valence-corrected chi connectivity index (χ0v) is 38.9. The minimum absolute atomic E-state index is 0.0540. The predicted molar refractivity (Wildman–Crippen MR) is 254 cm³/mol. The summed E-state index contributed by atoms with van der Waals surface area (Å²) in [5.74, 6) is -1.63. The number of methoxy groups -OCH3 is 1. The number of carbonyl (C=O) groups is 4. The summed E-state index contributed by atoms with van der Waals surface area (Å²) in [5, 5.41) is 13.7. The molecule has 0 saturated carbocycles. The number of H-pyrrole nitrogens is 1. The van der Waals surface area contributed by atoms with E-state index in [2.05, 4.69) is 35.7 Å². The molecule has 2 aromatic heterocycles. The number of nitrogens with zero attached hydrogens (tertiary/aromatic N) is 8. The van der Waals surface area contributed by atoms with Gasteiger partial charge < -0.3 is 34.6 Å². The van der Waals surface area contributed by atoms with Crippen LogP contribution in [0, 0.1) is 24.4 Å². The number of aryl methyl sites for hydroxylation is 2. The highest BCUT2D eigenvalue weighted by Crippen LogP contribution is 2.39. The Bertz CT molecular complexity index is 2670. The third-order valence-electron chi connectivity index (χ3n) is 13.2. The molecule has 0 radical (unpaired) electrons. The Kier molecular flexibility index (Phi) is 14.7.